The van der Waals surface area contributed by atoms with E-state index in [1.807, 2.05) is 0 Å². The van der Waals surface area contributed by atoms with Gasteiger partial charge in [-0.3, -0.25) is 0 Å². The van der Waals surface area contributed by atoms with Gasteiger partial charge >= 0.3 is 0 Å². The Morgan fingerprint density at radius 2 is 2.00 bits per heavy atom. The summed E-state index contributed by atoms with van der Waals surface area (Å²) in [5, 5.41) is 20.7. The topological polar surface area (TPSA) is 116 Å². The lowest BCUT2D eigenvalue weighted by Gasteiger charge is -2.04. The van der Waals surface area contributed by atoms with Crippen LogP contribution < -0.4 is 0 Å². The van der Waals surface area contributed by atoms with Crippen LogP contribution in [0.1, 0.15) is 23.6 Å². The second-order valence-electron chi connectivity index (χ2n) is 3.42. The first kappa shape index (κ1) is 12.6. The molecule has 0 aliphatic carbocycles. The van der Waals surface area contributed by atoms with Crippen LogP contribution in [0.2, 0.25) is 0 Å². The van der Waals surface area contributed by atoms with Crippen molar-refractivity contribution in [2.45, 2.75) is 12.2 Å². The summed E-state index contributed by atoms with van der Waals surface area (Å²) < 4.78 is 0. The van der Waals surface area contributed by atoms with E-state index in [1.54, 1.807) is 10.9 Å². The van der Waals surface area contributed by atoms with E-state index in [4.69, 9.17) is 0 Å². The van der Waals surface area contributed by atoms with E-state index in [0.717, 1.165) is 0 Å². The average Bonchev–Trinajstić information content (AvgIpc) is 3.04. The highest BCUT2D eigenvalue weighted by Gasteiger charge is 2.23. The molecule has 2 rings (SSSR count). The van der Waals surface area contributed by atoms with Crippen molar-refractivity contribution in [3.05, 3.63) is 22.3 Å². The summed E-state index contributed by atoms with van der Waals surface area (Å²) in [6.45, 7) is 0. The third kappa shape index (κ3) is 2.21. The van der Waals surface area contributed by atoms with Crippen molar-refractivity contribution < 1.29 is 19.8 Å². The minimum atomic E-state index is -1.50. The summed E-state index contributed by atoms with van der Waals surface area (Å²) in [4.78, 5) is 31.8. The van der Waals surface area contributed by atoms with Gasteiger partial charge in [-0.15, -0.1) is 11.3 Å². The number of hydrogen-bond acceptors (Lipinski definition) is 7. The first-order valence-electron chi connectivity index (χ1n) is 4.92. The van der Waals surface area contributed by atoms with Crippen LogP contribution in [-0.4, -0.2) is 37.7 Å². The van der Waals surface area contributed by atoms with Crippen LogP contribution in [-0.2, 0) is 9.59 Å². The van der Waals surface area contributed by atoms with E-state index in [2.05, 4.69) is 15.0 Å². The molecule has 0 aliphatic rings. The van der Waals surface area contributed by atoms with Gasteiger partial charge < -0.3 is 24.8 Å². The normalized spacial score (nSPS) is 14.1. The van der Waals surface area contributed by atoms with Crippen molar-refractivity contribution in [2.24, 2.45) is 0 Å². The van der Waals surface area contributed by atoms with Crippen LogP contribution >= 0.6 is 11.3 Å². The molecule has 18 heavy (non-hydrogen) atoms. The van der Waals surface area contributed by atoms with Gasteiger partial charge in [-0.1, -0.05) is 0 Å². The number of nitrogens with zero attached hydrogens (tertiary/aromatic N) is 2. The van der Waals surface area contributed by atoms with Gasteiger partial charge in [0.1, 0.15) is 11.4 Å². The summed E-state index contributed by atoms with van der Waals surface area (Å²) in [6.07, 6.45) is -2.44. The van der Waals surface area contributed by atoms with Gasteiger partial charge in [-0.25, -0.2) is 9.97 Å². The lowest BCUT2D eigenvalue weighted by molar-refractivity contribution is -0.116. The van der Waals surface area contributed by atoms with E-state index in [9.17, 15) is 19.8 Å². The third-order valence-corrected chi connectivity index (χ3v) is 2.86. The summed E-state index contributed by atoms with van der Waals surface area (Å²) in [7, 11) is 0. The molecule has 0 saturated heterocycles. The minimum Gasteiger partial charge on any atom is -0.379 e. The molecule has 2 unspecified atom stereocenters. The molecule has 0 spiro atoms. The van der Waals surface area contributed by atoms with E-state index < -0.39 is 12.2 Å². The Balaban J connectivity index is 2.50. The highest BCUT2D eigenvalue weighted by atomic mass is 32.1. The molecule has 0 saturated carbocycles. The number of carbonyl (C=O) groups is 2. The van der Waals surface area contributed by atoms with Gasteiger partial charge in [0, 0.05) is 5.38 Å². The third-order valence-electron chi connectivity index (χ3n) is 2.27. The van der Waals surface area contributed by atoms with Crippen molar-refractivity contribution in [2.75, 3.05) is 0 Å². The molecule has 0 bridgehead atoms. The monoisotopic (exact) mass is 267 g/mol. The molecule has 0 aliphatic heterocycles. The number of aliphatic hydroxyl groups is 2. The molecule has 3 N–H and O–H groups in total. The molecule has 0 fully saturated rings. The molecular weight excluding hydrogens is 258 g/mol. The first-order valence-corrected chi connectivity index (χ1v) is 5.86. The Bertz CT molecular complexity index is 520. The zero-order valence-electron chi connectivity index (χ0n) is 8.98. The molecule has 2 heterocycles. The Kier molecular flexibility index (Phi) is 3.60. The van der Waals surface area contributed by atoms with Crippen molar-refractivity contribution in [3.63, 3.8) is 0 Å². The maximum atomic E-state index is 10.6. The number of aromatic nitrogens is 3. The predicted octanol–water partition coefficient (Wildman–Crippen LogP) is -0.00220. The molecule has 8 heteroatoms. The largest absolute Gasteiger partial charge is 0.379 e. The number of rotatable bonds is 5. The van der Waals surface area contributed by atoms with Crippen molar-refractivity contribution in [1.29, 1.82) is 0 Å². The average molecular weight is 267 g/mol. The summed E-state index contributed by atoms with van der Waals surface area (Å²) in [5.74, 6) is 0.281. The van der Waals surface area contributed by atoms with Crippen LogP contribution in [0.3, 0.4) is 0 Å². The van der Waals surface area contributed by atoms with Crippen LogP contribution in [0.4, 0.5) is 0 Å². The molecular formula is C10H9N3O4S. The lowest BCUT2D eigenvalue weighted by Crippen LogP contribution is -2.07. The van der Waals surface area contributed by atoms with E-state index >= 15 is 0 Å². The Morgan fingerprint density at radius 1 is 1.28 bits per heavy atom. The number of imidazole rings is 1. The van der Waals surface area contributed by atoms with Crippen molar-refractivity contribution >= 4 is 23.9 Å². The van der Waals surface area contributed by atoms with Gasteiger partial charge in [-0.2, -0.15) is 0 Å². The molecule has 7 nitrogen and oxygen atoms in total. The molecule has 0 aromatic carbocycles. The standard InChI is InChI=1S/C10H9N3O4S/c14-1-6(16)8-9(7(17)2-15)13-10(12-8)5-3-18-4-11-5/h1-4,6-7,16-17H,(H,12,13). The van der Waals surface area contributed by atoms with Gasteiger partial charge in [0.15, 0.2) is 30.6 Å². The molecule has 2 atom stereocenters. The maximum Gasteiger partial charge on any atom is 0.157 e. The van der Waals surface area contributed by atoms with Gasteiger partial charge in [0.05, 0.1) is 11.2 Å². The fraction of sp³-hybridized carbons (Fsp3) is 0.200. The van der Waals surface area contributed by atoms with E-state index in [-0.39, 0.29) is 29.8 Å². The minimum absolute atomic E-state index is 0.00685. The molecule has 2 aromatic heterocycles. The summed E-state index contributed by atoms with van der Waals surface area (Å²) in [6, 6.07) is 0. The fourth-order valence-electron chi connectivity index (χ4n) is 1.43. The second-order valence-corrected chi connectivity index (χ2v) is 4.14. The first-order chi connectivity index (χ1) is 8.67. The van der Waals surface area contributed by atoms with Crippen LogP contribution in [0.5, 0.6) is 0 Å². The lowest BCUT2D eigenvalue weighted by atomic mass is 10.1. The Hall–Kier alpha value is -1.90. The molecule has 94 valence electrons. The Morgan fingerprint density at radius 3 is 2.56 bits per heavy atom. The zero-order chi connectivity index (χ0) is 13.1. The second kappa shape index (κ2) is 5.17. The predicted molar refractivity (Wildman–Crippen MR) is 61.7 cm³/mol. The fourth-order valence-corrected chi connectivity index (χ4v) is 1.97. The summed E-state index contributed by atoms with van der Waals surface area (Å²) in [5.41, 5.74) is 2.01. The molecule has 0 radical (unpaired) electrons. The number of hydrogen-bond donors (Lipinski definition) is 3. The number of carbonyl (C=O) groups excluding carboxylic acids is 2. The molecule has 2 aromatic rings. The highest BCUT2D eigenvalue weighted by molar-refractivity contribution is 7.07. The number of H-pyrrole nitrogens is 1. The smallest absolute Gasteiger partial charge is 0.157 e. The van der Waals surface area contributed by atoms with Gasteiger partial charge in [0.2, 0.25) is 0 Å². The molecule has 0 amide bonds. The number of nitrogens with one attached hydrogen (secondary N) is 1. The number of aldehydes is 2. The number of aromatic amines is 1. The van der Waals surface area contributed by atoms with E-state index in [0.29, 0.717) is 5.69 Å². The van der Waals surface area contributed by atoms with Crippen molar-refractivity contribution in [3.8, 4) is 11.5 Å². The number of thiazole rings is 1. The van der Waals surface area contributed by atoms with E-state index in [1.165, 1.54) is 11.3 Å². The Labute approximate surface area is 105 Å². The van der Waals surface area contributed by atoms with Crippen LogP contribution in [0.15, 0.2) is 10.9 Å². The number of aliphatic hydroxyl groups excluding tert-OH is 2. The van der Waals surface area contributed by atoms with Crippen LogP contribution in [0, 0.1) is 0 Å². The zero-order valence-corrected chi connectivity index (χ0v) is 9.79. The maximum absolute atomic E-state index is 10.6. The van der Waals surface area contributed by atoms with Gasteiger partial charge in [-0.05, 0) is 0 Å². The van der Waals surface area contributed by atoms with Gasteiger partial charge in [0.25, 0.3) is 0 Å². The summed E-state index contributed by atoms with van der Waals surface area (Å²) >= 11 is 1.34. The van der Waals surface area contributed by atoms with Crippen LogP contribution in [0.25, 0.3) is 11.5 Å². The quantitative estimate of drug-likeness (QED) is 0.656. The highest BCUT2D eigenvalue weighted by Crippen LogP contribution is 2.24. The van der Waals surface area contributed by atoms with Crippen molar-refractivity contribution in [1.82, 2.24) is 15.0 Å². The SMILES string of the molecule is O=CC(O)c1nc(-c2cscn2)[nH]c1C(O)C=O.